The molecule has 0 saturated carbocycles. The first-order valence-electron chi connectivity index (χ1n) is 16.5. The van der Waals surface area contributed by atoms with E-state index in [1.165, 1.54) is 14.2 Å². The summed E-state index contributed by atoms with van der Waals surface area (Å²) in [4.78, 5) is 0. The summed E-state index contributed by atoms with van der Waals surface area (Å²) in [7, 11) is 3.00. The lowest BCUT2D eigenvalue weighted by Gasteiger charge is -2.47. The van der Waals surface area contributed by atoms with Crippen molar-refractivity contribution in [2.24, 2.45) is 5.41 Å². The van der Waals surface area contributed by atoms with E-state index in [4.69, 9.17) is 18.9 Å². The van der Waals surface area contributed by atoms with Gasteiger partial charge in [0.2, 0.25) is 0 Å². The van der Waals surface area contributed by atoms with Gasteiger partial charge >= 0.3 is 0 Å². The van der Waals surface area contributed by atoms with E-state index in [2.05, 4.69) is 0 Å². The lowest BCUT2D eigenvalue weighted by Crippen LogP contribution is -2.48. The largest absolute Gasteiger partial charge is 0.508 e. The topological polar surface area (TPSA) is 138 Å². The molecule has 4 aromatic rings. The quantitative estimate of drug-likeness (QED) is 0.131. The molecule has 5 N–H and O–H groups in total. The number of methoxy groups -OCH3 is 2. The van der Waals surface area contributed by atoms with Crippen LogP contribution in [0.2, 0.25) is 0 Å². The summed E-state index contributed by atoms with van der Waals surface area (Å²) in [6.45, 7) is 5.49. The lowest BCUT2D eigenvalue weighted by atomic mass is 9.57. The zero-order valence-corrected chi connectivity index (χ0v) is 28.2. The van der Waals surface area contributed by atoms with Crippen LogP contribution >= 0.6 is 0 Å². The first-order valence-corrected chi connectivity index (χ1v) is 16.5. The Morgan fingerprint density at radius 3 is 1.80 bits per heavy atom. The summed E-state index contributed by atoms with van der Waals surface area (Å²) in [5, 5.41) is 54.8. The van der Waals surface area contributed by atoms with Gasteiger partial charge in [0, 0.05) is 5.41 Å². The van der Waals surface area contributed by atoms with Crippen molar-refractivity contribution in [1.29, 1.82) is 0 Å². The Labute approximate surface area is 285 Å². The van der Waals surface area contributed by atoms with Crippen LogP contribution < -0.4 is 9.47 Å². The van der Waals surface area contributed by atoms with Gasteiger partial charge in [-0.15, -0.1) is 0 Å². The van der Waals surface area contributed by atoms with E-state index in [0.717, 1.165) is 33.4 Å². The van der Waals surface area contributed by atoms with Crippen LogP contribution in [0.5, 0.6) is 34.5 Å². The molecule has 1 saturated heterocycles. The Morgan fingerprint density at radius 1 is 0.612 bits per heavy atom. The van der Waals surface area contributed by atoms with Gasteiger partial charge in [-0.25, -0.2) is 0 Å². The molecule has 0 bridgehead atoms. The minimum Gasteiger partial charge on any atom is -0.508 e. The van der Waals surface area contributed by atoms with Gasteiger partial charge in [0.1, 0.15) is 35.4 Å². The second-order valence-corrected chi connectivity index (χ2v) is 13.8. The minimum absolute atomic E-state index is 0.0165. The normalized spacial score (nSPS) is 27.8. The van der Waals surface area contributed by atoms with E-state index in [9.17, 15) is 25.5 Å². The van der Waals surface area contributed by atoms with Crippen molar-refractivity contribution >= 4 is 0 Å². The molecule has 1 spiro atoms. The second kappa shape index (κ2) is 12.0. The highest BCUT2D eigenvalue weighted by atomic mass is 16.5. The molecular formula is C40H42O9. The maximum absolute atomic E-state index is 12.9. The average molecular weight is 667 g/mol. The lowest BCUT2D eigenvalue weighted by molar-refractivity contribution is -0.0772. The summed E-state index contributed by atoms with van der Waals surface area (Å²) in [5.41, 5.74) is 4.35. The molecule has 49 heavy (non-hydrogen) atoms. The first kappa shape index (κ1) is 32.8. The van der Waals surface area contributed by atoms with Crippen molar-refractivity contribution in [1.82, 2.24) is 0 Å². The van der Waals surface area contributed by atoms with Crippen molar-refractivity contribution in [2.75, 3.05) is 14.2 Å². The van der Waals surface area contributed by atoms with Gasteiger partial charge in [-0.2, -0.15) is 0 Å². The predicted molar refractivity (Wildman–Crippen MR) is 182 cm³/mol. The molecule has 6 atom stereocenters. The minimum atomic E-state index is -1.42. The maximum atomic E-state index is 12.9. The first-order chi connectivity index (χ1) is 23.4. The standard InChI is InChI=1S/C40H42O9/c1-21-16-23(6-10-29(21)41)35-27-14-15-40(20-28(27)36(48-35)24-7-12-31(43)34(19-24)47-5)38(26-9-13-33(46-4)32(44)18-26)49-37(39(40,3)45)25-8-11-30(42)22(2)17-25/h6-13,16-19,35-38,41-45H,14-15,20H2,1-5H3/t35-,36+,37+,38-,39-,40-/m0/s1. The Morgan fingerprint density at radius 2 is 1.16 bits per heavy atom. The highest BCUT2D eigenvalue weighted by molar-refractivity contribution is 5.50. The zero-order valence-electron chi connectivity index (χ0n) is 28.2. The summed E-state index contributed by atoms with van der Waals surface area (Å²) in [5.74, 6) is 1.01. The Hall–Kier alpha value is -4.70. The number of rotatable bonds is 6. The van der Waals surface area contributed by atoms with E-state index < -0.39 is 35.4 Å². The second-order valence-electron chi connectivity index (χ2n) is 13.8. The molecule has 3 aliphatic rings. The van der Waals surface area contributed by atoms with Crippen molar-refractivity contribution in [3.63, 3.8) is 0 Å². The highest BCUT2D eigenvalue weighted by Gasteiger charge is 2.66. The van der Waals surface area contributed by atoms with Crippen LogP contribution in [-0.4, -0.2) is 45.4 Å². The molecule has 0 unspecified atom stereocenters. The molecule has 9 nitrogen and oxygen atoms in total. The van der Waals surface area contributed by atoms with E-state index >= 15 is 0 Å². The molecule has 1 aliphatic carbocycles. The number of aromatic hydroxyl groups is 4. The fourth-order valence-electron chi connectivity index (χ4n) is 8.27. The molecule has 9 heteroatoms. The number of aliphatic hydroxyl groups is 1. The monoisotopic (exact) mass is 666 g/mol. The fraction of sp³-hybridized carbons (Fsp3) is 0.350. The summed E-state index contributed by atoms with van der Waals surface area (Å²) < 4.78 is 24.6. The van der Waals surface area contributed by atoms with E-state index in [1.54, 1.807) is 42.5 Å². The van der Waals surface area contributed by atoms with Crippen LogP contribution in [0.1, 0.15) is 84.0 Å². The zero-order chi connectivity index (χ0) is 34.8. The number of phenols is 4. The third-order valence-corrected chi connectivity index (χ3v) is 11.0. The Bertz CT molecular complexity index is 1960. The van der Waals surface area contributed by atoms with E-state index in [0.29, 0.717) is 41.9 Å². The van der Waals surface area contributed by atoms with Gasteiger partial charge in [0.05, 0.1) is 20.3 Å². The number of benzene rings is 4. The molecular weight excluding hydrogens is 624 g/mol. The molecule has 0 amide bonds. The van der Waals surface area contributed by atoms with Gasteiger partial charge in [-0.05, 0) is 133 Å². The maximum Gasteiger partial charge on any atom is 0.160 e. The number of aryl methyl sites for hydroxylation is 2. The molecule has 7 rings (SSSR count). The third-order valence-electron chi connectivity index (χ3n) is 11.0. The van der Waals surface area contributed by atoms with Crippen LogP contribution in [0.4, 0.5) is 0 Å². The van der Waals surface area contributed by atoms with Crippen molar-refractivity contribution in [3.8, 4) is 34.5 Å². The Balaban J connectivity index is 1.40. The number of ether oxygens (including phenoxy) is 4. The molecule has 2 heterocycles. The van der Waals surface area contributed by atoms with E-state index in [1.807, 2.05) is 51.1 Å². The van der Waals surface area contributed by atoms with Gasteiger partial charge in [-0.3, -0.25) is 0 Å². The predicted octanol–water partition coefficient (Wildman–Crippen LogP) is 7.69. The highest BCUT2D eigenvalue weighted by Crippen LogP contribution is 2.69. The van der Waals surface area contributed by atoms with Crippen molar-refractivity contribution in [2.45, 2.75) is 70.1 Å². The molecule has 0 radical (unpaired) electrons. The fourth-order valence-corrected chi connectivity index (χ4v) is 8.27. The van der Waals surface area contributed by atoms with Gasteiger partial charge < -0.3 is 44.5 Å². The SMILES string of the molecule is COc1ccc([C@@H]2O[C@H](c3ccc(O)c(C)c3)[C@](C)(O)[C@]23CCC2=C(C3)[C@@H](c3ccc(O)c(OC)c3)O[C@H]2c2ccc(O)c(C)c2)cc1O. The van der Waals surface area contributed by atoms with Crippen LogP contribution in [0.25, 0.3) is 0 Å². The van der Waals surface area contributed by atoms with Gasteiger partial charge in [0.25, 0.3) is 0 Å². The van der Waals surface area contributed by atoms with Crippen LogP contribution in [0.15, 0.2) is 83.9 Å². The summed E-state index contributed by atoms with van der Waals surface area (Å²) in [6, 6.07) is 21.2. The number of hydrogen-bond acceptors (Lipinski definition) is 9. The third kappa shape index (κ3) is 5.19. The van der Waals surface area contributed by atoms with Crippen molar-refractivity contribution < 1.29 is 44.5 Å². The van der Waals surface area contributed by atoms with Gasteiger partial charge in [0.15, 0.2) is 23.0 Å². The van der Waals surface area contributed by atoms with Crippen LogP contribution in [0.3, 0.4) is 0 Å². The smallest absolute Gasteiger partial charge is 0.160 e. The van der Waals surface area contributed by atoms with E-state index in [-0.39, 0.29) is 23.0 Å². The number of phenolic OH excluding ortho intramolecular Hbond substituents is 4. The summed E-state index contributed by atoms with van der Waals surface area (Å²) in [6.07, 6.45) is -0.788. The molecule has 4 aromatic carbocycles. The molecule has 256 valence electrons. The van der Waals surface area contributed by atoms with Crippen molar-refractivity contribution in [3.05, 3.63) is 117 Å². The number of hydrogen-bond donors (Lipinski definition) is 5. The average Bonchev–Trinajstić information content (AvgIpc) is 3.56. The van der Waals surface area contributed by atoms with Crippen LogP contribution in [-0.2, 0) is 9.47 Å². The molecule has 2 aliphatic heterocycles. The van der Waals surface area contributed by atoms with Gasteiger partial charge in [-0.1, -0.05) is 24.3 Å². The Kier molecular flexibility index (Phi) is 8.05. The summed E-state index contributed by atoms with van der Waals surface area (Å²) >= 11 is 0. The molecule has 1 fully saturated rings. The molecule has 0 aromatic heterocycles. The van der Waals surface area contributed by atoms with Crippen LogP contribution in [0, 0.1) is 19.3 Å².